The van der Waals surface area contributed by atoms with E-state index in [0.29, 0.717) is 16.5 Å². The molecule has 0 radical (unpaired) electrons. The predicted octanol–water partition coefficient (Wildman–Crippen LogP) is 1.14. The smallest absolute Gasteiger partial charge is 0.217 e. The molecular weight excluding hydrogens is 332 g/mol. The molecule has 0 aromatic heterocycles. The van der Waals surface area contributed by atoms with E-state index in [0.717, 1.165) is 17.5 Å². The fraction of sp³-hybridized carbons (Fsp3) is 0.250. The molecule has 0 aromatic rings. The third-order valence-corrected chi connectivity index (χ3v) is 5.64. The van der Waals surface area contributed by atoms with Crippen molar-refractivity contribution in [3.8, 4) is 0 Å². The number of carbonyl (C=O) groups excluding carboxylic acids is 1. The summed E-state index contributed by atoms with van der Waals surface area (Å²) in [7, 11) is -1.69. The Kier molecular flexibility index (Phi) is 2.72. The maximum atomic E-state index is 12.2. The van der Waals surface area contributed by atoms with Gasteiger partial charge in [0, 0.05) is 31.6 Å². The number of hydrogen-bond acceptors (Lipinski definition) is 5. The van der Waals surface area contributed by atoms with Crippen LogP contribution in [0.5, 0.6) is 0 Å². The molecule has 19 heavy (non-hydrogen) atoms. The number of rotatable bonds is 0. The van der Waals surface area contributed by atoms with E-state index in [1.807, 2.05) is 11.9 Å². The number of sulfone groups is 1. The molecule has 5 nitrogen and oxygen atoms in total. The number of nitrogens with one attached hydrogen (secondary N) is 1. The predicted molar refractivity (Wildman–Crippen MR) is 74.5 cm³/mol. The molecule has 0 amide bonds. The first-order valence-electron chi connectivity index (χ1n) is 5.70. The minimum absolute atomic E-state index is 0.0877. The van der Waals surface area contributed by atoms with E-state index in [4.69, 9.17) is 0 Å². The molecule has 0 saturated heterocycles. The highest BCUT2D eigenvalue weighted by Crippen LogP contribution is 2.41. The van der Waals surface area contributed by atoms with E-state index in [2.05, 4.69) is 21.2 Å². The summed E-state index contributed by atoms with van der Waals surface area (Å²) in [6.45, 7) is 0.757. The molecule has 7 heteroatoms. The Morgan fingerprint density at radius 2 is 2.16 bits per heavy atom. The third kappa shape index (κ3) is 1.80. The first-order chi connectivity index (χ1) is 8.92. The lowest BCUT2D eigenvalue weighted by Crippen LogP contribution is -2.33. The van der Waals surface area contributed by atoms with E-state index >= 15 is 0 Å². The van der Waals surface area contributed by atoms with Crippen molar-refractivity contribution in [2.24, 2.45) is 0 Å². The molecule has 0 atom stereocenters. The van der Waals surface area contributed by atoms with Crippen LogP contribution in [-0.2, 0) is 14.6 Å². The fourth-order valence-electron chi connectivity index (χ4n) is 2.40. The number of Topliss-reactive ketones (excluding diaryl/α,β-unsaturated/α-hetero) is 1. The molecule has 0 unspecified atom stereocenters. The Bertz CT molecular complexity index is 713. The summed E-state index contributed by atoms with van der Waals surface area (Å²) in [6, 6.07) is 0. The fourth-order valence-corrected chi connectivity index (χ4v) is 4.31. The van der Waals surface area contributed by atoms with E-state index in [1.165, 1.54) is 6.20 Å². The maximum Gasteiger partial charge on any atom is 0.217 e. The highest BCUT2D eigenvalue weighted by molar-refractivity contribution is 9.12. The van der Waals surface area contributed by atoms with Crippen LogP contribution in [0, 0.1) is 0 Å². The summed E-state index contributed by atoms with van der Waals surface area (Å²) < 4.78 is 24.8. The molecule has 0 saturated carbocycles. The van der Waals surface area contributed by atoms with Crippen LogP contribution < -0.4 is 5.32 Å². The summed E-state index contributed by atoms with van der Waals surface area (Å²) in [5.74, 6) is -0.306. The summed E-state index contributed by atoms with van der Waals surface area (Å²) in [5, 5.41) is 3.84. The van der Waals surface area contributed by atoms with E-state index in [1.54, 1.807) is 6.20 Å². The molecule has 100 valence electrons. The maximum absolute atomic E-state index is 12.2. The summed E-state index contributed by atoms with van der Waals surface area (Å²) in [5.41, 5.74) is 1.49. The van der Waals surface area contributed by atoms with Gasteiger partial charge in [-0.25, -0.2) is 8.42 Å². The van der Waals surface area contributed by atoms with Gasteiger partial charge in [0.25, 0.3) is 0 Å². The lowest BCUT2D eigenvalue weighted by molar-refractivity contribution is -0.112. The first kappa shape index (κ1) is 12.7. The van der Waals surface area contributed by atoms with Crippen LogP contribution in [0.1, 0.15) is 6.42 Å². The van der Waals surface area contributed by atoms with Gasteiger partial charge in [0.15, 0.2) is 0 Å². The second kappa shape index (κ2) is 4.08. The molecule has 1 N–H and O–H groups in total. The summed E-state index contributed by atoms with van der Waals surface area (Å²) >= 11 is 3.29. The zero-order chi connectivity index (χ0) is 13.8. The molecule has 3 aliphatic rings. The third-order valence-electron chi connectivity index (χ3n) is 3.31. The quantitative estimate of drug-likeness (QED) is 0.715. The van der Waals surface area contributed by atoms with Crippen molar-refractivity contribution in [3.63, 3.8) is 0 Å². The van der Waals surface area contributed by atoms with Crippen LogP contribution in [0.15, 0.2) is 44.0 Å². The van der Waals surface area contributed by atoms with E-state index in [9.17, 15) is 13.2 Å². The van der Waals surface area contributed by atoms with Gasteiger partial charge < -0.3 is 10.2 Å². The van der Waals surface area contributed by atoms with Gasteiger partial charge in [-0.1, -0.05) is 0 Å². The Hall–Kier alpha value is -1.34. The van der Waals surface area contributed by atoms with Gasteiger partial charge in [0.05, 0.1) is 9.89 Å². The van der Waals surface area contributed by atoms with Gasteiger partial charge in [-0.15, -0.1) is 0 Å². The number of carbonyl (C=O) groups is 1. The normalized spacial score (nSPS) is 24.8. The number of halogens is 1. The van der Waals surface area contributed by atoms with Crippen molar-refractivity contribution >= 4 is 31.6 Å². The molecule has 3 rings (SSSR count). The molecule has 0 spiro atoms. The summed E-state index contributed by atoms with van der Waals surface area (Å²) in [6.07, 6.45) is 3.70. The van der Waals surface area contributed by atoms with Gasteiger partial charge >= 0.3 is 0 Å². The first-order valence-corrected chi connectivity index (χ1v) is 8.04. The average Bonchev–Trinajstić information content (AvgIpc) is 2.34. The van der Waals surface area contributed by atoms with Crippen molar-refractivity contribution in [2.45, 2.75) is 6.42 Å². The standard InChI is InChI=1S/C12H11BrN2O3S/c1-15-4-2-7-8(6-15)12-10(11(16)9(7)13)14-3-5-19(12,17)18/h3,5-6,14H,2,4H2,1H3. The van der Waals surface area contributed by atoms with Crippen LogP contribution >= 0.6 is 15.9 Å². The molecule has 0 bridgehead atoms. The van der Waals surface area contributed by atoms with Crippen LogP contribution in [0.2, 0.25) is 0 Å². The number of nitrogens with zero attached hydrogens (tertiary/aromatic N) is 1. The van der Waals surface area contributed by atoms with Crippen LogP contribution in [-0.4, -0.2) is 32.7 Å². The van der Waals surface area contributed by atoms with Gasteiger partial charge in [0.1, 0.15) is 10.6 Å². The molecule has 0 fully saturated rings. The minimum Gasteiger partial charge on any atom is -0.380 e. The Morgan fingerprint density at radius 1 is 1.42 bits per heavy atom. The highest BCUT2D eigenvalue weighted by Gasteiger charge is 2.38. The van der Waals surface area contributed by atoms with Crippen LogP contribution in [0.3, 0.4) is 0 Å². The molecular formula is C12H11BrN2O3S. The van der Waals surface area contributed by atoms with Gasteiger partial charge in [-0.05, 0) is 27.9 Å². The van der Waals surface area contributed by atoms with E-state index < -0.39 is 9.84 Å². The van der Waals surface area contributed by atoms with Crippen molar-refractivity contribution in [2.75, 3.05) is 13.6 Å². The van der Waals surface area contributed by atoms with Crippen molar-refractivity contribution in [1.82, 2.24) is 10.2 Å². The molecule has 2 heterocycles. The minimum atomic E-state index is -3.57. The van der Waals surface area contributed by atoms with Gasteiger partial charge in [0.2, 0.25) is 15.6 Å². The number of ketones is 1. The number of hydrogen-bond donors (Lipinski definition) is 1. The molecule has 2 aliphatic heterocycles. The second-order valence-electron chi connectivity index (χ2n) is 4.59. The SMILES string of the molecule is CN1C=C2C(=C(Br)C(=O)C3=C2S(=O)(=O)C=CN3)CC1. The van der Waals surface area contributed by atoms with Crippen molar-refractivity contribution in [3.05, 3.63) is 44.0 Å². The van der Waals surface area contributed by atoms with Crippen LogP contribution in [0.4, 0.5) is 0 Å². The monoisotopic (exact) mass is 342 g/mol. The van der Waals surface area contributed by atoms with E-state index in [-0.39, 0.29) is 16.4 Å². The topological polar surface area (TPSA) is 66.5 Å². The van der Waals surface area contributed by atoms with Gasteiger partial charge in [-0.2, -0.15) is 0 Å². The Balaban J connectivity index is 2.31. The van der Waals surface area contributed by atoms with Crippen LogP contribution in [0.25, 0.3) is 0 Å². The lowest BCUT2D eigenvalue weighted by atomic mass is 9.92. The average molecular weight is 343 g/mol. The number of fused-ring (bicyclic) bond motifs is 2. The second-order valence-corrected chi connectivity index (χ2v) is 7.15. The zero-order valence-corrected chi connectivity index (χ0v) is 12.5. The Morgan fingerprint density at radius 3 is 2.89 bits per heavy atom. The zero-order valence-electron chi connectivity index (χ0n) is 10.1. The molecule has 0 aromatic carbocycles. The van der Waals surface area contributed by atoms with Gasteiger partial charge in [-0.3, -0.25) is 4.79 Å². The summed E-state index contributed by atoms with van der Waals surface area (Å²) in [4.78, 5) is 14.2. The molecule has 1 aliphatic carbocycles. The van der Waals surface area contributed by atoms with Crippen molar-refractivity contribution < 1.29 is 13.2 Å². The Labute approximate surface area is 119 Å². The highest BCUT2D eigenvalue weighted by atomic mass is 79.9. The largest absolute Gasteiger partial charge is 0.380 e. The number of allylic oxidation sites excluding steroid dienone is 2. The lowest BCUT2D eigenvalue weighted by Gasteiger charge is -2.31. The van der Waals surface area contributed by atoms with Crippen molar-refractivity contribution in [1.29, 1.82) is 0 Å².